The van der Waals surface area contributed by atoms with Gasteiger partial charge in [-0.25, -0.2) is 0 Å². The van der Waals surface area contributed by atoms with E-state index in [0.717, 1.165) is 6.42 Å². The maximum absolute atomic E-state index is 3.35. The number of allylic oxidation sites excluding steroid dienone is 3. The van der Waals surface area contributed by atoms with Crippen molar-refractivity contribution in [2.45, 2.75) is 34.1 Å². The maximum Gasteiger partial charge on any atom is -0.00569 e. The van der Waals surface area contributed by atoms with Gasteiger partial charge in [-0.1, -0.05) is 61.9 Å². The van der Waals surface area contributed by atoms with Crippen molar-refractivity contribution in [1.82, 2.24) is 0 Å². The lowest BCUT2D eigenvalue weighted by Gasteiger charge is -2.17. The van der Waals surface area contributed by atoms with Crippen LogP contribution in [0.25, 0.3) is 27.1 Å². The number of hydrogen-bond donors (Lipinski definition) is 0. The fraction of sp³-hybridized carbons (Fsp3) is 0.240. The lowest BCUT2D eigenvalue weighted by atomic mass is 9.86. The maximum atomic E-state index is 3.35. The Bertz CT molecular complexity index is 1090. The highest BCUT2D eigenvalue weighted by molar-refractivity contribution is 6.12. The molecular weight excluding hydrogens is 300 g/mol. The first kappa shape index (κ1) is 15.9. The molecule has 0 fully saturated rings. The Morgan fingerprint density at radius 1 is 0.880 bits per heavy atom. The van der Waals surface area contributed by atoms with Crippen LogP contribution in [0.2, 0.25) is 0 Å². The molecule has 0 amide bonds. The van der Waals surface area contributed by atoms with Gasteiger partial charge >= 0.3 is 0 Å². The molecule has 0 saturated heterocycles. The predicted molar refractivity (Wildman–Crippen MR) is 110 cm³/mol. The number of benzene rings is 3. The normalized spacial score (nSPS) is 14.9. The topological polar surface area (TPSA) is 0 Å². The van der Waals surface area contributed by atoms with E-state index in [2.05, 4.69) is 88.0 Å². The average molecular weight is 324 g/mol. The Kier molecular flexibility index (Phi) is 3.86. The Balaban J connectivity index is 2.06. The lowest BCUT2D eigenvalue weighted by Crippen LogP contribution is -1.99. The first-order valence-corrected chi connectivity index (χ1v) is 9.20. The molecule has 25 heavy (non-hydrogen) atoms. The van der Waals surface area contributed by atoms with Gasteiger partial charge in [-0.05, 0) is 82.2 Å². The average Bonchev–Trinajstić information content (AvgIpc) is 3.09. The SMILES string of the molecule is CCC(C)C1=C(c2c(C)ccc3c2ccc2cc(C)ccc23)C=C=C1. The molecule has 4 rings (SSSR count). The van der Waals surface area contributed by atoms with E-state index >= 15 is 0 Å². The quantitative estimate of drug-likeness (QED) is 0.355. The second kappa shape index (κ2) is 6.06. The molecule has 0 saturated carbocycles. The van der Waals surface area contributed by atoms with Crippen molar-refractivity contribution in [1.29, 1.82) is 0 Å². The molecule has 0 heteroatoms. The number of fused-ring (bicyclic) bond motifs is 3. The molecule has 0 aromatic heterocycles. The summed E-state index contributed by atoms with van der Waals surface area (Å²) in [6.07, 6.45) is 5.49. The van der Waals surface area contributed by atoms with Gasteiger partial charge in [-0.2, -0.15) is 0 Å². The van der Waals surface area contributed by atoms with Gasteiger partial charge in [0.2, 0.25) is 0 Å². The van der Waals surface area contributed by atoms with Crippen molar-refractivity contribution < 1.29 is 0 Å². The smallest absolute Gasteiger partial charge is 0.00569 e. The first-order valence-electron chi connectivity index (χ1n) is 9.20. The van der Waals surface area contributed by atoms with Crippen LogP contribution in [0, 0.1) is 19.8 Å². The molecule has 0 bridgehead atoms. The summed E-state index contributed by atoms with van der Waals surface area (Å²) in [7, 11) is 0. The summed E-state index contributed by atoms with van der Waals surface area (Å²) in [6, 6.07) is 15.9. The van der Waals surface area contributed by atoms with Crippen LogP contribution in [0.3, 0.4) is 0 Å². The van der Waals surface area contributed by atoms with Crippen LogP contribution in [0.5, 0.6) is 0 Å². The largest absolute Gasteiger partial charge is 0.120 e. The number of rotatable bonds is 3. The third kappa shape index (κ3) is 2.54. The fourth-order valence-electron chi connectivity index (χ4n) is 3.95. The van der Waals surface area contributed by atoms with Crippen LogP contribution in [-0.4, -0.2) is 0 Å². The molecule has 1 unspecified atom stereocenters. The van der Waals surface area contributed by atoms with Crippen molar-refractivity contribution in [3.63, 3.8) is 0 Å². The van der Waals surface area contributed by atoms with Crippen LogP contribution >= 0.6 is 0 Å². The monoisotopic (exact) mass is 324 g/mol. The zero-order valence-corrected chi connectivity index (χ0v) is 15.5. The van der Waals surface area contributed by atoms with E-state index in [1.54, 1.807) is 0 Å². The first-order chi connectivity index (χ1) is 12.1. The van der Waals surface area contributed by atoms with E-state index in [1.165, 1.54) is 49.4 Å². The standard InChI is InChI=1S/C25H24/c1-5-17(3)20-7-6-8-23(20)25-18(4)10-13-22-21-12-9-16(2)15-19(21)11-14-24(22)25/h7-15,17H,5H2,1-4H3. The lowest BCUT2D eigenvalue weighted by molar-refractivity contribution is 0.674. The van der Waals surface area contributed by atoms with E-state index in [-0.39, 0.29) is 0 Å². The Morgan fingerprint density at radius 2 is 1.64 bits per heavy atom. The van der Waals surface area contributed by atoms with Gasteiger partial charge in [-0.15, -0.1) is 5.73 Å². The minimum atomic E-state index is 0.555. The minimum absolute atomic E-state index is 0.555. The highest BCUT2D eigenvalue weighted by Crippen LogP contribution is 2.38. The highest BCUT2D eigenvalue weighted by atomic mass is 14.2. The molecule has 0 N–H and O–H groups in total. The van der Waals surface area contributed by atoms with Crippen LogP contribution < -0.4 is 0 Å². The van der Waals surface area contributed by atoms with Crippen molar-refractivity contribution in [2.75, 3.05) is 0 Å². The van der Waals surface area contributed by atoms with Gasteiger partial charge < -0.3 is 0 Å². The summed E-state index contributed by atoms with van der Waals surface area (Å²) < 4.78 is 0. The van der Waals surface area contributed by atoms with Crippen molar-refractivity contribution in [3.05, 3.63) is 82.6 Å². The van der Waals surface area contributed by atoms with Gasteiger partial charge in [0.05, 0.1) is 0 Å². The van der Waals surface area contributed by atoms with Gasteiger partial charge in [-0.3, -0.25) is 0 Å². The Morgan fingerprint density at radius 3 is 2.44 bits per heavy atom. The van der Waals surface area contributed by atoms with E-state index in [0.29, 0.717) is 5.92 Å². The molecule has 0 aliphatic heterocycles. The molecule has 3 aromatic carbocycles. The Labute approximate surface area is 150 Å². The third-order valence-corrected chi connectivity index (χ3v) is 5.57. The molecular formula is C25H24. The molecule has 1 aliphatic carbocycles. The van der Waals surface area contributed by atoms with Gasteiger partial charge in [0.15, 0.2) is 0 Å². The third-order valence-electron chi connectivity index (χ3n) is 5.57. The molecule has 0 spiro atoms. The van der Waals surface area contributed by atoms with E-state index in [1.807, 2.05) is 0 Å². The number of aryl methyl sites for hydroxylation is 2. The summed E-state index contributed by atoms with van der Waals surface area (Å²) >= 11 is 0. The predicted octanol–water partition coefficient (Wildman–Crippen LogP) is 7.13. The summed E-state index contributed by atoms with van der Waals surface area (Å²) in [5.41, 5.74) is 10.1. The molecule has 1 atom stereocenters. The second-order valence-electron chi connectivity index (χ2n) is 7.28. The van der Waals surface area contributed by atoms with E-state index < -0.39 is 0 Å². The van der Waals surface area contributed by atoms with Crippen LogP contribution in [0.4, 0.5) is 0 Å². The summed E-state index contributed by atoms with van der Waals surface area (Å²) in [6.45, 7) is 8.95. The zero-order valence-electron chi connectivity index (χ0n) is 15.5. The van der Waals surface area contributed by atoms with Gasteiger partial charge in [0.1, 0.15) is 0 Å². The molecule has 0 heterocycles. The van der Waals surface area contributed by atoms with Crippen molar-refractivity contribution in [2.24, 2.45) is 5.92 Å². The summed E-state index contributed by atoms with van der Waals surface area (Å²) in [4.78, 5) is 0. The molecule has 3 aromatic rings. The van der Waals surface area contributed by atoms with Crippen molar-refractivity contribution >= 4 is 27.1 Å². The number of hydrogen-bond acceptors (Lipinski definition) is 0. The van der Waals surface area contributed by atoms with E-state index in [9.17, 15) is 0 Å². The summed E-state index contributed by atoms with van der Waals surface area (Å²) in [5, 5.41) is 5.35. The van der Waals surface area contributed by atoms with Crippen molar-refractivity contribution in [3.8, 4) is 0 Å². The minimum Gasteiger partial charge on any atom is -0.120 e. The molecule has 1 aliphatic rings. The fourth-order valence-corrected chi connectivity index (χ4v) is 3.95. The molecule has 0 nitrogen and oxygen atoms in total. The zero-order chi connectivity index (χ0) is 17.6. The molecule has 0 radical (unpaired) electrons. The van der Waals surface area contributed by atoms with Crippen LogP contribution in [0.1, 0.15) is 37.0 Å². The highest BCUT2D eigenvalue weighted by Gasteiger charge is 2.18. The van der Waals surface area contributed by atoms with E-state index in [4.69, 9.17) is 0 Å². The van der Waals surface area contributed by atoms with Gasteiger partial charge in [0, 0.05) is 0 Å². The molecule has 124 valence electrons. The second-order valence-corrected chi connectivity index (χ2v) is 7.28. The van der Waals surface area contributed by atoms with Crippen LogP contribution in [-0.2, 0) is 0 Å². The van der Waals surface area contributed by atoms with Crippen LogP contribution in [0.15, 0.2) is 65.9 Å². The summed E-state index contributed by atoms with van der Waals surface area (Å²) in [5.74, 6) is 0.555. The Hall–Kier alpha value is -2.56. The van der Waals surface area contributed by atoms with Gasteiger partial charge in [0.25, 0.3) is 0 Å².